The van der Waals surface area contributed by atoms with Crippen LogP contribution in [-0.4, -0.2) is 31.0 Å². The van der Waals surface area contributed by atoms with E-state index in [1.165, 1.54) is 21.6 Å². The monoisotopic (exact) mass is 305 g/mol. The number of anilines is 1. The largest absolute Gasteiger partial charge is 0.282 e. The average molecular weight is 305 g/mol. The normalized spacial score (nSPS) is 10.7. The topological polar surface area (TPSA) is 89.8 Å². The van der Waals surface area contributed by atoms with Crippen LogP contribution in [0.15, 0.2) is 29.6 Å². The van der Waals surface area contributed by atoms with Gasteiger partial charge in [-0.05, 0) is 12.1 Å². The van der Waals surface area contributed by atoms with E-state index in [2.05, 4.69) is 33.2 Å². The van der Waals surface area contributed by atoms with Gasteiger partial charge in [-0.1, -0.05) is 29.7 Å². The van der Waals surface area contributed by atoms with E-state index in [9.17, 15) is 9.59 Å². The number of benzene rings is 1. The molecular weight excluding hydrogens is 298 g/mol. The third kappa shape index (κ3) is 2.40. The number of hydrogen-bond donors (Lipinski definition) is 2. The number of thiol groups is 1. The van der Waals surface area contributed by atoms with Crippen LogP contribution >= 0.6 is 24.0 Å². The predicted octanol–water partition coefficient (Wildman–Crippen LogP) is 1.40. The second-order valence-corrected chi connectivity index (χ2v) is 5.03. The van der Waals surface area contributed by atoms with Gasteiger partial charge >= 0.3 is 0 Å². The number of aromatic nitrogens is 4. The van der Waals surface area contributed by atoms with Gasteiger partial charge in [0.25, 0.3) is 10.9 Å². The fourth-order valence-corrected chi connectivity index (χ4v) is 2.32. The highest BCUT2D eigenvalue weighted by Gasteiger charge is 2.16. The van der Waals surface area contributed by atoms with Gasteiger partial charge in [0.1, 0.15) is 16.7 Å². The van der Waals surface area contributed by atoms with Gasteiger partial charge in [0.15, 0.2) is 0 Å². The molecule has 0 amide bonds. The van der Waals surface area contributed by atoms with E-state index in [1.807, 2.05) is 24.3 Å². The van der Waals surface area contributed by atoms with Crippen molar-refractivity contribution in [2.24, 2.45) is 0 Å². The number of Topliss-reactive ketones (excluding diaryl/α,β-unsaturated/α-hetero) is 1. The van der Waals surface area contributed by atoms with Crippen LogP contribution in [0.5, 0.6) is 0 Å². The van der Waals surface area contributed by atoms with Crippen molar-refractivity contribution in [1.82, 2.24) is 20.1 Å². The second kappa shape index (κ2) is 5.02. The van der Waals surface area contributed by atoms with E-state index < -0.39 is 10.9 Å². The molecule has 1 N–H and O–H groups in total. The maximum absolute atomic E-state index is 11.4. The lowest BCUT2D eigenvalue weighted by molar-refractivity contribution is -0.107. The number of hydrogen-bond acceptors (Lipinski definition) is 7. The van der Waals surface area contributed by atoms with Gasteiger partial charge in [-0.15, -0.1) is 21.5 Å². The first-order valence-electron chi connectivity index (χ1n) is 5.46. The smallest absolute Gasteiger partial charge is 0.258 e. The Bertz CT molecular complexity index is 777. The molecule has 0 spiro atoms. The first-order valence-corrected chi connectivity index (χ1v) is 6.78. The van der Waals surface area contributed by atoms with Crippen LogP contribution in [0.2, 0.25) is 0 Å². The predicted molar refractivity (Wildman–Crippen MR) is 77.0 cm³/mol. The number of carbonyl (C=O) groups excluding carboxylic acids is 2. The number of fused-ring (bicyclic) bond motifs is 1. The lowest BCUT2D eigenvalue weighted by atomic mass is 10.3. The van der Waals surface area contributed by atoms with E-state index in [-0.39, 0.29) is 5.69 Å². The minimum atomic E-state index is -0.843. The van der Waals surface area contributed by atoms with E-state index in [1.54, 1.807) is 0 Å². The third-order valence-corrected chi connectivity index (χ3v) is 3.36. The molecule has 20 heavy (non-hydrogen) atoms. The Morgan fingerprint density at radius 1 is 1.20 bits per heavy atom. The molecule has 2 heterocycles. The molecule has 1 aromatic carbocycles. The molecule has 0 saturated heterocycles. The molecule has 0 saturated carbocycles. The molecule has 2 aromatic heterocycles. The van der Waals surface area contributed by atoms with Crippen LogP contribution in [0.4, 0.5) is 5.13 Å². The Morgan fingerprint density at radius 2 is 1.85 bits per heavy atom. The number of nitrogens with zero attached hydrogens (tertiary/aromatic N) is 4. The molecule has 0 aliphatic carbocycles. The zero-order valence-corrected chi connectivity index (χ0v) is 11.6. The summed E-state index contributed by atoms with van der Waals surface area (Å²) in [4.78, 5) is 27.5. The molecule has 3 aromatic rings. The number of nitrogens with one attached hydrogen (secondary N) is 1. The maximum Gasteiger partial charge on any atom is 0.258 e. The number of ketones is 1. The van der Waals surface area contributed by atoms with Crippen LogP contribution in [0, 0.1) is 0 Å². The van der Waals surface area contributed by atoms with Gasteiger partial charge in [0.05, 0.1) is 0 Å². The third-order valence-electron chi connectivity index (χ3n) is 2.41. The minimum Gasteiger partial charge on any atom is -0.282 e. The molecule has 0 atom stereocenters. The zero-order chi connectivity index (χ0) is 14.1. The van der Waals surface area contributed by atoms with Crippen LogP contribution in [0.3, 0.4) is 0 Å². The molecule has 0 bridgehead atoms. The van der Waals surface area contributed by atoms with Gasteiger partial charge in [0, 0.05) is 5.38 Å². The maximum atomic E-state index is 11.4. The Morgan fingerprint density at radius 3 is 2.45 bits per heavy atom. The first kappa shape index (κ1) is 12.8. The zero-order valence-electron chi connectivity index (χ0n) is 9.85. The van der Waals surface area contributed by atoms with Gasteiger partial charge in [-0.2, -0.15) is 0 Å². The Kier molecular flexibility index (Phi) is 3.20. The molecule has 7 nitrogen and oxygen atoms in total. The van der Waals surface area contributed by atoms with Gasteiger partial charge in [0.2, 0.25) is 5.13 Å². The van der Waals surface area contributed by atoms with Crippen molar-refractivity contribution in [3.05, 3.63) is 35.3 Å². The molecule has 9 heteroatoms. The van der Waals surface area contributed by atoms with Crippen LogP contribution in [0.25, 0.3) is 11.0 Å². The summed E-state index contributed by atoms with van der Waals surface area (Å²) >= 11 is 4.64. The van der Waals surface area contributed by atoms with E-state index >= 15 is 0 Å². The fourth-order valence-electron chi connectivity index (χ4n) is 1.53. The Labute approximate surface area is 122 Å². The van der Waals surface area contributed by atoms with Crippen molar-refractivity contribution in [1.29, 1.82) is 0 Å². The van der Waals surface area contributed by atoms with Crippen molar-refractivity contribution in [2.75, 3.05) is 5.43 Å². The van der Waals surface area contributed by atoms with Gasteiger partial charge in [-0.25, -0.2) is 10.4 Å². The SMILES string of the molecule is O=C(S)C(=O)c1csc(Nn2nc3ccccc3n2)n1. The average Bonchev–Trinajstić information content (AvgIpc) is 3.03. The Balaban J connectivity index is 1.84. The standard InChI is InChI=1S/C11H7N5O2S2/c17-9(10(18)19)8-5-20-11(12-8)15-16-13-6-3-1-2-4-7(6)14-16/h1-5H,(H,12,15)(H,18,19). The summed E-state index contributed by atoms with van der Waals surface area (Å²) in [7, 11) is 0. The summed E-state index contributed by atoms with van der Waals surface area (Å²) in [6.45, 7) is 0. The lowest BCUT2D eigenvalue weighted by Crippen LogP contribution is -2.13. The number of carbonyl (C=O) groups is 2. The minimum absolute atomic E-state index is 0.0502. The summed E-state index contributed by atoms with van der Waals surface area (Å²) in [6.07, 6.45) is 0. The summed E-state index contributed by atoms with van der Waals surface area (Å²) < 4.78 is 0. The highest BCUT2D eigenvalue weighted by atomic mass is 32.1. The van der Waals surface area contributed by atoms with Crippen LogP contribution in [-0.2, 0) is 4.79 Å². The molecule has 0 fully saturated rings. The van der Waals surface area contributed by atoms with E-state index in [4.69, 9.17) is 0 Å². The van der Waals surface area contributed by atoms with Crippen molar-refractivity contribution >= 4 is 51.0 Å². The van der Waals surface area contributed by atoms with Crippen molar-refractivity contribution in [3.63, 3.8) is 0 Å². The van der Waals surface area contributed by atoms with Crippen molar-refractivity contribution in [3.8, 4) is 0 Å². The summed E-state index contributed by atoms with van der Waals surface area (Å²) in [5.41, 5.74) is 4.34. The fraction of sp³-hybridized carbons (Fsp3) is 0. The van der Waals surface area contributed by atoms with E-state index in [0.717, 1.165) is 11.0 Å². The highest BCUT2D eigenvalue weighted by molar-refractivity contribution is 7.99. The molecule has 0 unspecified atom stereocenters. The van der Waals surface area contributed by atoms with Crippen molar-refractivity contribution < 1.29 is 9.59 Å². The van der Waals surface area contributed by atoms with Gasteiger partial charge < -0.3 is 0 Å². The van der Waals surface area contributed by atoms with Gasteiger partial charge in [-0.3, -0.25) is 9.59 Å². The quantitative estimate of drug-likeness (QED) is 0.430. The molecule has 0 aliphatic rings. The summed E-state index contributed by atoms with van der Waals surface area (Å²) in [5, 5.41) is 9.42. The number of rotatable bonds is 4. The molecule has 3 rings (SSSR count). The Hall–Kier alpha value is -2.26. The lowest BCUT2D eigenvalue weighted by Gasteiger charge is -1.97. The van der Waals surface area contributed by atoms with Crippen LogP contribution in [0.1, 0.15) is 10.5 Å². The second-order valence-electron chi connectivity index (χ2n) is 3.76. The van der Waals surface area contributed by atoms with Crippen LogP contribution < -0.4 is 5.43 Å². The molecule has 100 valence electrons. The molecule has 0 aliphatic heterocycles. The summed E-state index contributed by atoms with van der Waals surface area (Å²) in [6, 6.07) is 7.38. The molecule has 0 radical (unpaired) electrons. The first-order chi connectivity index (χ1) is 9.63. The number of thiazole rings is 1. The van der Waals surface area contributed by atoms with E-state index in [0.29, 0.717) is 5.13 Å². The molecular formula is C11H7N5O2S2. The summed E-state index contributed by atoms with van der Waals surface area (Å²) in [5.74, 6) is -0.740. The van der Waals surface area contributed by atoms with Crippen molar-refractivity contribution in [2.45, 2.75) is 0 Å². The highest BCUT2D eigenvalue weighted by Crippen LogP contribution is 2.17.